The van der Waals surface area contributed by atoms with E-state index in [-0.39, 0.29) is 0 Å². The Balaban J connectivity index is 2.14. The predicted octanol–water partition coefficient (Wildman–Crippen LogP) is 2.56. The maximum atomic E-state index is 11.4. The highest BCUT2D eigenvalue weighted by molar-refractivity contribution is 8.13. The van der Waals surface area contributed by atoms with Gasteiger partial charge in [-0.25, -0.2) is 0 Å². The van der Waals surface area contributed by atoms with Crippen LogP contribution in [0.25, 0.3) is 0 Å². The molecule has 0 aromatic heterocycles. The lowest BCUT2D eigenvalue weighted by atomic mass is 9.83. The zero-order valence-corrected chi connectivity index (χ0v) is 8.56. The summed E-state index contributed by atoms with van der Waals surface area (Å²) in [6, 6.07) is 0. The molecule has 1 heterocycles. The molecule has 0 spiro atoms. The van der Waals surface area contributed by atoms with Crippen LogP contribution in [0.5, 0.6) is 0 Å². The molecule has 1 saturated carbocycles. The summed E-state index contributed by atoms with van der Waals surface area (Å²) in [4.78, 5) is 11.4. The van der Waals surface area contributed by atoms with Gasteiger partial charge in [0.25, 0.3) is 0 Å². The van der Waals surface area contributed by atoms with Gasteiger partial charge in [-0.3, -0.25) is 4.79 Å². The standard InChI is InChI=1S/C10H16OS/c1-6-3-4-8-7(2)10(11)12-5-9(6)8/h6-9H,3-5H2,1-2H3/t6-,7-,8?,9?/m0/s1. The van der Waals surface area contributed by atoms with Gasteiger partial charge in [-0.05, 0) is 24.2 Å². The van der Waals surface area contributed by atoms with Gasteiger partial charge in [0.1, 0.15) is 0 Å². The highest BCUT2D eigenvalue weighted by Crippen LogP contribution is 2.47. The first-order valence-corrected chi connectivity index (χ1v) is 5.85. The Labute approximate surface area is 78.3 Å². The third-order valence-corrected chi connectivity index (χ3v) is 4.88. The SMILES string of the molecule is C[C@@H]1C(=O)SCC2C1CC[C@@H]2C. The van der Waals surface area contributed by atoms with E-state index in [1.54, 1.807) is 11.8 Å². The lowest BCUT2D eigenvalue weighted by Crippen LogP contribution is -2.31. The molecule has 1 aliphatic heterocycles. The zero-order chi connectivity index (χ0) is 8.72. The molecule has 0 aromatic rings. The molecule has 68 valence electrons. The van der Waals surface area contributed by atoms with Gasteiger partial charge in [-0.2, -0.15) is 0 Å². The van der Waals surface area contributed by atoms with E-state index in [1.165, 1.54) is 12.8 Å². The number of hydrogen-bond acceptors (Lipinski definition) is 2. The summed E-state index contributed by atoms with van der Waals surface area (Å²) in [5, 5.41) is 0.436. The maximum Gasteiger partial charge on any atom is 0.192 e. The third-order valence-electron chi connectivity index (χ3n) is 3.67. The minimum atomic E-state index is 0.332. The summed E-state index contributed by atoms with van der Waals surface area (Å²) in [5.41, 5.74) is 0. The van der Waals surface area contributed by atoms with E-state index in [9.17, 15) is 4.79 Å². The number of rotatable bonds is 0. The first-order chi connectivity index (χ1) is 5.70. The van der Waals surface area contributed by atoms with Crippen LogP contribution in [0.3, 0.4) is 0 Å². The van der Waals surface area contributed by atoms with E-state index in [1.807, 2.05) is 0 Å². The Bertz CT molecular complexity index is 202. The Morgan fingerprint density at radius 3 is 2.75 bits per heavy atom. The average molecular weight is 184 g/mol. The summed E-state index contributed by atoms with van der Waals surface area (Å²) in [5.74, 6) is 3.84. The van der Waals surface area contributed by atoms with Crippen LogP contribution in [-0.2, 0) is 4.79 Å². The number of hydrogen-bond donors (Lipinski definition) is 0. The molecule has 2 unspecified atom stereocenters. The van der Waals surface area contributed by atoms with Gasteiger partial charge in [0.05, 0.1) is 0 Å². The fourth-order valence-electron chi connectivity index (χ4n) is 2.70. The smallest absolute Gasteiger partial charge is 0.192 e. The van der Waals surface area contributed by atoms with E-state index in [0.717, 1.165) is 17.6 Å². The molecule has 2 fully saturated rings. The maximum absolute atomic E-state index is 11.4. The minimum Gasteiger partial charge on any atom is -0.287 e. The molecule has 0 radical (unpaired) electrons. The van der Waals surface area contributed by atoms with Crippen LogP contribution in [0.4, 0.5) is 0 Å². The molecule has 1 nitrogen and oxygen atoms in total. The summed E-state index contributed by atoms with van der Waals surface area (Å²) in [7, 11) is 0. The van der Waals surface area contributed by atoms with Gasteiger partial charge >= 0.3 is 0 Å². The second-order valence-corrected chi connectivity index (χ2v) is 5.33. The van der Waals surface area contributed by atoms with Crippen molar-refractivity contribution in [2.75, 3.05) is 5.75 Å². The molecule has 12 heavy (non-hydrogen) atoms. The summed E-state index contributed by atoms with van der Waals surface area (Å²) in [6.45, 7) is 4.46. The number of thioether (sulfide) groups is 1. The molecule has 1 saturated heterocycles. The van der Waals surface area contributed by atoms with Crippen LogP contribution in [0.1, 0.15) is 26.7 Å². The average Bonchev–Trinajstić information content (AvgIpc) is 2.41. The molecule has 1 aliphatic carbocycles. The minimum absolute atomic E-state index is 0.332. The van der Waals surface area contributed by atoms with Crippen molar-refractivity contribution < 1.29 is 4.79 Å². The van der Waals surface area contributed by atoms with E-state index in [2.05, 4.69) is 13.8 Å². The van der Waals surface area contributed by atoms with E-state index < -0.39 is 0 Å². The quantitative estimate of drug-likeness (QED) is 0.575. The fourth-order valence-corrected chi connectivity index (χ4v) is 4.07. The summed E-state index contributed by atoms with van der Waals surface area (Å²) < 4.78 is 0. The third kappa shape index (κ3) is 1.20. The van der Waals surface area contributed by atoms with Crippen LogP contribution in [-0.4, -0.2) is 10.9 Å². The first-order valence-electron chi connectivity index (χ1n) is 4.87. The molecular formula is C10H16OS. The fraction of sp³-hybridized carbons (Fsp3) is 0.900. The van der Waals surface area contributed by atoms with Gasteiger partial charge in [-0.15, -0.1) is 0 Å². The normalized spacial score (nSPS) is 47.7. The molecular weight excluding hydrogens is 168 g/mol. The Morgan fingerprint density at radius 2 is 2.00 bits per heavy atom. The Morgan fingerprint density at radius 1 is 1.25 bits per heavy atom. The Kier molecular flexibility index (Phi) is 2.19. The largest absolute Gasteiger partial charge is 0.287 e. The molecule has 2 rings (SSSR count). The molecule has 0 amide bonds. The lowest BCUT2D eigenvalue weighted by Gasteiger charge is -2.31. The predicted molar refractivity (Wildman–Crippen MR) is 52.0 cm³/mol. The summed E-state index contributed by atoms with van der Waals surface area (Å²) in [6.07, 6.45) is 2.63. The topological polar surface area (TPSA) is 17.1 Å². The zero-order valence-electron chi connectivity index (χ0n) is 7.75. The van der Waals surface area contributed by atoms with Crippen molar-refractivity contribution in [1.29, 1.82) is 0 Å². The van der Waals surface area contributed by atoms with Crippen LogP contribution in [0, 0.1) is 23.7 Å². The number of carbonyl (C=O) groups excluding carboxylic acids is 1. The van der Waals surface area contributed by atoms with Crippen molar-refractivity contribution >= 4 is 16.9 Å². The molecule has 0 aromatic carbocycles. The van der Waals surface area contributed by atoms with Crippen LogP contribution in [0.2, 0.25) is 0 Å². The van der Waals surface area contributed by atoms with E-state index >= 15 is 0 Å². The molecule has 2 heteroatoms. The molecule has 2 aliphatic rings. The highest BCUT2D eigenvalue weighted by atomic mass is 32.2. The number of fused-ring (bicyclic) bond motifs is 1. The van der Waals surface area contributed by atoms with Crippen molar-refractivity contribution in [2.45, 2.75) is 26.7 Å². The second kappa shape index (κ2) is 3.06. The van der Waals surface area contributed by atoms with Gasteiger partial charge in [0.15, 0.2) is 5.12 Å². The van der Waals surface area contributed by atoms with Crippen molar-refractivity contribution in [2.24, 2.45) is 23.7 Å². The van der Waals surface area contributed by atoms with E-state index in [4.69, 9.17) is 0 Å². The van der Waals surface area contributed by atoms with Crippen molar-refractivity contribution in [3.63, 3.8) is 0 Å². The van der Waals surface area contributed by atoms with Gasteiger partial charge in [-0.1, -0.05) is 32.0 Å². The Hall–Kier alpha value is 0.0200. The van der Waals surface area contributed by atoms with Gasteiger partial charge in [0.2, 0.25) is 0 Å². The second-order valence-electron chi connectivity index (χ2n) is 4.30. The number of carbonyl (C=O) groups is 1. The molecule has 4 atom stereocenters. The summed E-state index contributed by atoms with van der Waals surface area (Å²) >= 11 is 1.57. The monoisotopic (exact) mass is 184 g/mol. The van der Waals surface area contributed by atoms with Crippen LogP contribution < -0.4 is 0 Å². The first kappa shape index (κ1) is 8.61. The lowest BCUT2D eigenvalue weighted by molar-refractivity contribution is -0.116. The van der Waals surface area contributed by atoms with Gasteiger partial charge in [0, 0.05) is 11.7 Å². The van der Waals surface area contributed by atoms with E-state index in [0.29, 0.717) is 17.0 Å². The van der Waals surface area contributed by atoms with Crippen LogP contribution >= 0.6 is 11.8 Å². The van der Waals surface area contributed by atoms with Crippen LogP contribution in [0.15, 0.2) is 0 Å². The molecule has 0 bridgehead atoms. The highest BCUT2D eigenvalue weighted by Gasteiger charge is 2.42. The van der Waals surface area contributed by atoms with Crippen molar-refractivity contribution in [3.8, 4) is 0 Å². The molecule has 0 N–H and O–H groups in total. The van der Waals surface area contributed by atoms with Crippen molar-refractivity contribution in [1.82, 2.24) is 0 Å². The van der Waals surface area contributed by atoms with Gasteiger partial charge < -0.3 is 0 Å². The van der Waals surface area contributed by atoms with Crippen molar-refractivity contribution in [3.05, 3.63) is 0 Å².